The zero-order valence-corrected chi connectivity index (χ0v) is 11.9. The lowest BCUT2D eigenvalue weighted by Gasteiger charge is -2.25. The second kappa shape index (κ2) is 7.96. The number of hydrogen-bond donors (Lipinski definition) is 1. The van der Waals surface area contributed by atoms with Crippen molar-refractivity contribution in [1.82, 2.24) is 5.32 Å². The number of esters is 1. The van der Waals surface area contributed by atoms with Crippen LogP contribution >= 0.6 is 0 Å². The molecule has 0 aromatic carbocycles. The quantitative estimate of drug-likeness (QED) is 0.765. The van der Waals surface area contributed by atoms with Crippen LogP contribution in [0.1, 0.15) is 27.7 Å². The van der Waals surface area contributed by atoms with Gasteiger partial charge in [0.05, 0.1) is 19.1 Å². The van der Waals surface area contributed by atoms with Crippen molar-refractivity contribution in [3.63, 3.8) is 0 Å². The maximum absolute atomic E-state index is 12.7. The molecule has 0 aromatic heterocycles. The molecule has 0 radical (unpaired) electrons. The van der Waals surface area contributed by atoms with Crippen LogP contribution in [-0.2, 0) is 14.3 Å². The van der Waals surface area contributed by atoms with Crippen LogP contribution in [-0.4, -0.2) is 37.5 Å². The molecule has 0 saturated heterocycles. The molecule has 118 valence electrons. The Morgan fingerprint density at radius 3 is 2.10 bits per heavy atom. The topological polar surface area (TPSA) is 64.6 Å². The van der Waals surface area contributed by atoms with Gasteiger partial charge in [-0.3, -0.25) is 0 Å². The van der Waals surface area contributed by atoms with Crippen molar-refractivity contribution in [2.75, 3.05) is 13.2 Å². The summed E-state index contributed by atoms with van der Waals surface area (Å²) in [6, 6.07) is -1.83. The van der Waals surface area contributed by atoms with E-state index in [0.717, 1.165) is 6.92 Å². The lowest BCUT2D eigenvalue weighted by atomic mass is 10.0. The molecule has 2 unspecified atom stereocenters. The van der Waals surface area contributed by atoms with E-state index in [9.17, 15) is 22.8 Å². The van der Waals surface area contributed by atoms with Gasteiger partial charge >= 0.3 is 18.2 Å². The zero-order valence-electron chi connectivity index (χ0n) is 11.9. The molecule has 0 aliphatic heterocycles. The first-order valence-electron chi connectivity index (χ1n) is 6.26. The van der Waals surface area contributed by atoms with E-state index >= 15 is 0 Å². The summed E-state index contributed by atoms with van der Waals surface area (Å²) in [5.74, 6) is -3.23. The van der Waals surface area contributed by atoms with Crippen molar-refractivity contribution < 1.29 is 32.2 Å². The number of carbonyl (C=O) groups is 2. The highest BCUT2D eigenvalue weighted by Gasteiger charge is 2.46. The van der Waals surface area contributed by atoms with Crippen molar-refractivity contribution in [3.05, 3.63) is 0 Å². The van der Waals surface area contributed by atoms with Crippen molar-refractivity contribution in [2.45, 2.75) is 39.9 Å². The average Bonchev–Trinajstić information content (AvgIpc) is 2.31. The van der Waals surface area contributed by atoms with E-state index in [0.29, 0.717) is 0 Å². The number of alkyl halides is 3. The molecule has 8 heteroatoms. The zero-order chi connectivity index (χ0) is 15.9. The van der Waals surface area contributed by atoms with Crippen molar-refractivity contribution in [3.8, 4) is 0 Å². The summed E-state index contributed by atoms with van der Waals surface area (Å²) < 4.78 is 47.3. The van der Waals surface area contributed by atoms with Gasteiger partial charge in [-0.25, -0.2) is 9.59 Å². The molecule has 0 spiro atoms. The van der Waals surface area contributed by atoms with E-state index in [1.165, 1.54) is 6.92 Å². The van der Waals surface area contributed by atoms with E-state index in [-0.39, 0.29) is 19.1 Å². The van der Waals surface area contributed by atoms with Gasteiger partial charge in [0.2, 0.25) is 0 Å². The van der Waals surface area contributed by atoms with Gasteiger partial charge in [0.15, 0.2) is 0 Å². The summed E-state index contributed by atoms with van der Waals surface area (Å²) in [5.41, 5.74) is 0. The van der Waals surface area contributed by atoms with Gasteiger partial charge in [0.1, 0.15) is 6.04 Å². The molecule has 1 amide bonds. The summed E-state index contributed by atoms with van der Waals surface area (Å²) in [7, 11) is 0. The molecule has 20 heavy (non-hydrogen) atoms. The number of carbonyl (C=O) groups excluding carboxylic acids is 2. The Morgan fingerprint density at radius 2 is 1.70 bits per heavy atom. The summed E-state index contributed by atoms with van der Waals surface area (Å²) >= 11 is 0. The molecule has 0 fully saturated rings. The second-order valence-corrected chi connectivity index (χ2v) is 4.70. The maximum atomic E-state index is 12.7. The summed E-state index contributed by atoms with van der Waals surface area (Å²) in [6.07, 6.45) is -5.73. The first-order chi connectivity index (χ1) is 9.09. The smallest absolute Gasteiger partial charge is 0.407 e. The number of alkyl carbamates (subject to hydrolysis) is 1. The van der Waals surface area contributed by atoms with Crippen molar-refractivity contribution in [1.29, 1.82) is 0 Å². The fourth-order valence-electron chi connectivity index (χ4n) is 1.22. The number of nitrogens with one attached hydrogen (secondary N) is 1. The minimum Gasteiger partial charge on any atom is -0.464 e. The van der Waals surface area contributed by atoms with Crippen LogP contribution in [0.3, 0.4) is 0 Å². The molecule has 0 saturated carbocycles. The fourth-order valence-corrected chi connectivity index (χ4v) is 1.22. The highest BCUT2D eigenvalue weighted by molar-refractivity contribution is 5.81. The van der Waals surface area contributed by atoms with Gasteiger partial charge in [0, 0.05) is 0 Å². The van der Waals surface area contributed by atoms with Gasteiger partial charge in [-0.1, -0.05) is 20.8 Å². The Kier molecular flexibility index (Phi) is 7.38. The molecule has 0 heterocycles. The first-order valence-corrected chi connectivity index (χ1v) is 6.26. The van der Waals surface area contributed by atoms with Crippen LogP contribution < -0.4 is 5.32 Å². The molecule has 2 atom stereocenters. The van der Waals surface area contributed by atoms with Crippen molar-refractivity contribution >= 4 is 12.1 Å². The molecular formula is C12H20F3NO4. The molecular weight excluding hydrogens is 279 g/mol. The third kappa shape index (κ3) is 6.63. The molecule has 0 rings (SSSR count). The number of amides is 1. The van der Waals surface area contributed by atoms with E-state index in [1.54, 1.807) is 13.8 Å². The molecule has 5 nitrogen and oxygen atoms in total. The molecule has 0 bridgehead atoms. The molecule has 0 aromatic rings. The minimum atomic E-state index is -4.64. The van der Waals surface area contributed by atoms with Gasteiger partial charge in [-0.15, -0.1) is 0 Å². The fraction of sp³-hybridized carbons (Fsp3) is 0.833. The van der Waals surface area contributed by atoms with Gasteiger partial charge in [0.25, 0.3) is 0 Å². The monoisotopic (exact) mass is 299 g/mol. The normalized spacial score (nSPS) is 14.6. The number of halogens is 3. The van der Waals surface area contributed by atoms with E-state index in [2.05, 4.69) is 4.74 Å². The highest BCUT2D eigenvalue weighted by atomic mass is 19.4. The van der Waals surface area contributed by atoms with Crippen LogP contribution in [0.15, 0.2) is 0 Å². The van der Waals surface area contributed by atoms with E-state index in [4.69, 9.17) is 4.74 Å². The lowest BCUT2D eigenvalue weighted by Crippen LogP contribution is -2.50. The predicted molar refractivity (Wildman–Crippen MR) is 65.0 cm³/mol. The third-order valence-corrected chi connectivity index (χ3v) is 2.38. The van der Waals surface area contributed by atoms with Crippen LogP contribution in [0.2, 0.25) is 0 Å². The minimum absolute atomic E-state index is 0.0139. The highest BCUT2D eigenvalue weighted by Crippen LogP contribution is 2.29. The lowest BCUT2D eigenvalue weighted by molar-refractivity contribution is -0.187. The Morgan fingerprint density at radius 1 is 1.15 bits per heavy atom. The van der Waals surface area contributed by atoms with Crippen LogP contribution in [0, 0.1) is 11.8 Å². The van der Waals surface area contributed by atoms with Gasteiger partial charge < -0.3 is 14.8 Å². The Hall–Kier alpha value is -1.47. The van der Waals surface area contributed by atoms with Gasteiger partial charge in [-0.2, -0.15) is 13.2 Å². The summed E-state index contributed by atoms with van der Waals surface area (Å²) in [4.78, 5) is 22.9. The standard InChI is InChI=1S/C12H20F3NO4/c1-5-19-11(18)16-9(8(4)12(13,14)15)10(17)20-6-7(2)3/h7-9H,5-6H2,1-4H3,(H,16,18). The van der Waals surface area contributed by atoms with Crippen LogP contribution in [0.5, 0.6) is 0 Å². The first kappa shape index (κ1) is 18.5. The van der Waals surface area contributed by atoms with Crippen LogP contribution in [0.4, 0.5) is 18.0 Å². The summed E-state index contributed by atoms with van der Waals surface area (Å²) in [5, 5.41) is 1.89. The van der Waals surface area contributed by atoms with Gasteiger partial charge in [-0.05, 0) is 12.8 Å². The molecule has 0 aliphatic carbocycles. The third-order valence-electron chi connectivity index (χ3n) is 2.38. The number of rotatable bonds is 6. The maximum Gasteiger partial charge on any atom is 0.407 e. The van der Waals surface area contributed by atoms with E-state index < -0.39 is 30.2 Å². The second-order valence-electron chi connectivity index (χ2n) is 4.70. The molecule has 1 N–H and O–H groups in total. The number of ether oxygens (including phenoxy) is 2. The Balaban J connectivity index is 4.86. The molecule has 0 aliphatic rings. The average molecular weight is 299 g/mol. The summed E-state index contributed by atoms with van der Waals surface area (Å²) in [6.45, 7) is 5.75. The van der Waals surface area contributed by atoms with Crippen LogP contribution in [0.25, 0.3) is 0 Å². The SMILES string of the molecule is CCOC(=O)NC(C(=O)OCC(C)C)C(C)C(F)(F)F. The predicted octanol–water partition coefficient (Wildman–Crippen LogP) is 2.50. The Labute approximate surface area is 115 Å². The largest absolute Gasteiger partial charge is 0.464 e. The Bertz CT molecular complexity index is 331. The van der Waals surface area contributed by atoms with Crippen molar-refractivity contribution in [2.24, 2.45) is 11.8 Å². The number of hydrogen-bond acceptors (Lipinski definition) is 4. The van der Waals surface area contributed by atoms with E-state index in [1.807, 2.05) is 5.32 Å².